The molecule has 6 N–H and O–H groups in total. The van der Waals surface area contributed by atoms with Crippen LogP contribution in [0.2, 0.25) is 0 Å². The first-order valence-corrected chi connectivity index (χ1v) is 12.5. The molecule has 3 aromatic carbocycles. The van der Waals surface area contributed by atoms with Crippen LogP contribution in [0.15, 0.2) is 54.6 Å². The minimum Gasteiger partial charge on any atom is -0.507 e. The van der Waals surface area contributed by atoms with Gasteiger partial charge in [0.2, 0.25) is 5.78 Å². The largest absolute Gasteiger partial charge is 0.507 e. The summed E-state index contributed by atoms with van der Waals surface area (Å²) in [5, 5.41) is 47.0. The van der Waals surface area contributed by atoms with Crippen LogP contribution in [-0.2, 0) is 4.74 Å². The van der Waals surface area contributed by atoms with E-state index in [0.29, 0.717) is 37.2 Å². The number of ether oxygens (including phenoxy) is 1. The van der Waals surface area contributed by atoms with Gasteiger partial charge in [-0.3, -0.25) is 9.59 Å². The lowest BCUT2D eigenvalue weighted by Crippen LogP contribution is -2.49. The van der Waals surface area contributed by atoms with Gasteiger partial charge < -0.3 is 40.3 Å². The maximum absolute atomic E-state index is 13.0. The van der Waals surface area contributed by atoms with Crippen molar-refractivity contribution in [1.82, 2.24) is 10.6 Å². The molecular weight excluding hydrogens is 527 g/mol. The SMILES string of the molecule is O=C(NC1CNCCCC1OC(=O)c1cc(O)c(C(=O)c2c(O)cccc2O)c(O)c1)c1ccc(OP)cc1. The van der Waals surface area contributed by atoms with E-state index in [4.69, 9.17) is 9.26 Å². The molecule has 12 heteroatoms. The fourth-order valence-electron chi connectivity index (χ4n) is 4.29. The molecule has 0 saturated carbocycles. The van der Waals surface area contributed by atoms with E-state index in [1.54, 1.807) is 24.3 Å². The van der Waals surface area contributed by atoms with Gasteiger partial charge in [0.1, 0.15) is 46.0 Å². The Morgan fingerprint density at radius 1 is 0.872 bits per heavy atom. The molecule has 1 fully saturated rings. The van der Waals surface area contributed by atoms with Gasteiger partial charge in [0, 0.05) is 12.1 Å². The lowest BCUT2D eigenvalue weighted by atomic mass is 9.98. The van der Waals surface area contributed by atoms with E-state index in [0.717, 1.165) is 24.3 Å². The van der Waals surface area contributed by atoms with E-state index in [2.05, 4.69) is 20.1 Å². The number of phenolic OH excluding ortho intramolecular Hbond substituents is 4. The van der Waals surface area contributed by atoms with Crippen LogP contribution in [0.5, 0.6) is 28.7 Å². The Hall–Kier alpha value is -4.34. The highest BCUT2D eigenvalue weighted by Crippen LogP contribution is 2.36. The maximum Gasteiger partial charge on any atom is 0.338 e. The fraction of sp³-hybridized carbons (Fsp3) is 0.222. The number of esters is 1. The Labute approximate surface area is 225 Å². The standard InChI is InChI=1S/C27H27N2O9P/c30-18-3-1-4-19(31)23(18)25(34)24-20(32)11-15(12-21(24)33)27(36)37-22-5-2-10-28-13-17(22)29-26(35)14-6-8-16(38-39)9-7-14/h1,3-4,6-9,11-12,17,22,28,30-33H,2,5,10,13,39H2,(H,29,35). The van der Waals surface area contributed by atoms with Gasteiger partial charge in [-0.15, -0.1) is 0 Å². The lowest BCUT2D eigenvalue weighted by Gasteiger charge is -2.26. The molecule has 3 atom stereocenters. The molecule has 0 spiro atoms. The molecule has 1 saturated heterocycles. The third-order valence-electron chi connectivity index (χ3n) is 6.29. The average molecular weight is 554 g/mol. The second-order valence-corrected chi connectivity index (χ2v) is 9.14. The van der Waals surface area contributed by atoms with Gasteiger partial charge in [0.15, 0.2) is 0 Å². The van der Waals surface area contributed by atoms with E-state index in [-0.39, 0.29) is 11.5 Å². The summed E-state index contributed by atoms with van der Waals surface area (Å²) in [5.74, 6) is -4.34. The van der Waals surface area contributed by atoms with Gasteiger partial charge in [-0.05, 0) is 67.9 Å². The summed E-state index contributed by atoms with van der Waals surface area (Å²) in [6.45, 7) is 0.989. The third kappa shape index (κ3) is 6.22. The van der Waals surface area contributed by atoms with Gasteiger partial charge in [0.25, 0.3) is 5.91 Å². The zero-order valence-corrected chi connectivity index (χ0v) is 21.7. The van der Waals surface area contributed by atoms with E-state index in [1.807, 2.05) is 0 Å². The number of nitrogens with one attached hydrogen (secondary N) is 2. The van der Waals surface area contributed by atoms with Crippen LogP contribution in [0.3, 0.4) is 0 Å². The molecule has 1 heterocycles. The van der Waals surface area contributed by atoms with E-state index >= 15 is 0 Å². The number of ketones is 1. The van der Waals surface area contributed by atoms with E-state index < -0.39 is 58.0 Å². The number of carbonyl (C=O) groups excluding carboxylic acids is 3. The lowest BCUT2D eigenvalue weighted by molar-refractivity contribution is 0.0191. The third-order valence-corrected chi connectivity index (χ3v) is 6.56. The van der Waals surface area contributed by atoms with Crippen molar-refractivity contribution in [3.05, 3.63) is 76.9 Å². The minimum atomic E-state index is -1.05. The van der Waals surface area contributed by atoms with Crippen molar-refractivity contribution in [3.8, 4) is 28.7 Å². The van der Waals surface area contributed by atoms with Gasteiger partial charge in [-0.25, -0.2) is 4.79 Å². The number of amides is 1. The zero-order chi connectivity index (χ0) is 28.1. The number of rotatable bonds is 7. The molecule has 3 aromatic rings. The number of aromatic hydroxyl groups is 4. The first-order valence-electron chi connectivity index (χ1n) is 12.0. The Kier molecular flexibility index (Phi) is 8.53. The van der Waals surface area contributed by atoms with Gasteiger partial charge in [0.05, 0.1) is 21.1 Å². The van der Waals surface area contributed by atoms with Crippen molar-refractivity contribution in [2.24, 2.45) is 0 Å². The molecule has 3 unspecified atom stereocenters. The molecule has 1 aliphatic heterocycles. The smallest absolute Gasteiger partial charge is 0.338 e. The van der Waals surface area contributed by atoms with Crippen molar-refractivity contribution >= 4 is 27.1 Å². The van der Waals surface area contributed by atoms with E-state index in [9.17, 15) is 34.8 Å². The van der Waals surface area contributed by atoms with Gasteiger partial charge in [-0.1, -0.05) is 6.07 Å². The van der Waals surface area contributed by atoms with Crippen LogP contribution in [0.1, 0.15) is 49.5 Å². The summed E-state index contributed by atoms with van der Waals surface area (Å²) in [6.07, 6.45) is 0.373. The number of carbonyl (C=O) groups is 3. The molecule has 0 aromatic heterocycles. The van der Waals surface area contributed by atoms with Crippen LogP contribution in [0.4, 0.5) is 0 Å². The van der Waals surface area contributed by atoms with Crippen molar-refractivity contribution in [2.45, 2.75) is 25.0 Å². The van der Waals surface area contributed by atoms with Crippen molar-refractivity contribution in [2.75, 3.05) is 13.1 Å². The zero-order valence-electron chi connectivity index (χ0n) is 20.6. The summed E-state index contributed by atoms with van der Waals surface area (Å²) in [5.41, 5.74) is -0.969. The average Bonchev–Trinajstić information content (AvgIpc) is 3.12. The fourth-order valence-corrected chi connectivity index (χ4v) is 4.45. The summed E-state index contributed by atoms with van der Waals surface area (Å²) in [6, 6.07) is 11.4. The second kappa shape index (κ2) is 12.0. The van der Waals surface area contributed by atoms with Crippen LogP contribution >= 0.6 is 9.47 Å². The van der Waals surface area contributed by atoms with E-state index in [1.165, 1.54) is 6.07 Å². The first kappa shape index (κ1) is 27.7. The molecule has 4 rings (SSSR count). The minimum absolute atomic E-state index is 0.238. The van der Waals surface area contributed by atoms with Crippen LogP contribution in [0.25, 0.3) is 0 Å². The predicted molar refractivity (Wildman–Crippen MR) is 142 cm³/mol. The van der Waals surface area contributed by atoms with Crippen molar-refractivity contribution < 1.29 is 44.1 Å². The molecule has 1 aliphatic rings. The quantitative estimate of drug-likeness (QED) is 0.145. The van der Waals surface area contributed by atoms with Crippen LogP contribution in [0, 0.1) is 0 Å². The Morgan fingerprint density at radius 3 is 2.10 bits per heavy atom. The summed E-state index contributed by atoms with van der Waals surface area (Å²) in [7, 11) is 2.12. The van der Waals surface area contributed by atoms with Gasteiger partial charge >= 0.3 is 5.97 Å². The Bertz CT molecular complexity index is 1350. The predicted octanol–water partition coefficient (Wildman–Crippen LogP) is 2.62. The molecule has 0 bridgehead atoms. The number of hydrogen-bond donors (Lipinski definition) is 6. The van der Waals surface area contributed by atoms with Crippen LogP contribution < -0.4 is 15.2 Å². The molecule has 0 aliphatic carbocycles. The highest BCUT2D eigenvalue weighted by atomic mass is 31.0. The molecule has 11 nitrogen and oxygen atoms in total. The van der Waals surface area contributed by atoms with Crippen molar-refractivity contribution in [1.29, 1.82) is 0 Å². The van der Waals surface area contributed by atoms with Crippen LogP contribution in [-0.4, -0.2) is 63.3 Å². The summed E-state index contributed by atoms with van der Waals surface area (Å²) < 4.78 is 10.7. The van der Waals surface area contributed by atoms with Gasteiger partial charge in [-0.2, -0.15) is 0 Å². The Morgan fingerprint density at radius 2 is 1.49 bits per heavy atom. The normalized spacial score (nSPS) is 17.1. The van der Waals surface area contributed by atoms with Crippen molar-refractivity contribution in [3.63, 3.8) is 0 Å². The number of benzene rings is 3. The molecular formula is C27H27N2O9P. The summed E-state index contributed by atoms with van der Waals surface area (Å²) in [4.78, 5) is 38.7. The first-order chi connectivity index (χ1) is 18.7. The Balaban J connectivity index is 1.52. The summed E-state index contributed by atoms with van der Waals surface area (Å²) >= 11 is 0. The highest BCUT2D eigenvalue weighted by Gasteiger charge is 2.31. The number of phenols is 4. The molecule has 0 radical (unpaired) electrons. The topological polar surface area (TPSA) is 175 Å². The monoisotopic (exact) mass is 554 g/mol. The second-order valence-electron chi connectivity index (χ2n) is 8.90. The maximum atomic E-state index is 13.0. The highest BCUT2D eigenvalue weighted by molar-refractivity contribution is 7.10. The number of hydrogen-bond acceptors (Lipinski definition) is 10. The molecule has 39 heavy (non-hydrogen) atoms. The molecule has 1 amide bonds. The molecule has 204 valence electrons.